The summed E-state index contributed by atoms with van der Waals surface area (Å²) >= 11 is 0. The summed E-state index contributed by atoms with van der Waals surface area (Å²) in [6.07, 6.45) is 0.0242. The van der Waals surface area contributed by atoms with E-state index in [2.05, 4.69) is 26.1 Å². The van der Waals surface area contributed by atoms with Gasteiger partial charge in [-0.15, -0.1) is 0 Å². The monoisotopic (exact) mass is 305 g/mol. The molecule has 21 heavy (non-hydrogen) atoms. The summed E-state index contributed by atoms with van der Waals surface area (Å²) in [6, 6.07) is 0. The topological polar surface area (TPSA) is 88.0 Å². The highest BCUT2D eigenvalue weighted by Gasteiger charge is 2.22. The van der Waals surface area contributed by atoms with Gasteiger partial charge in [0.2, 0.25) is 0 Å². The number of aliphatic hydroxyl groups is 2. The van der Waals surface area contributed by atoms with Crippen molar-refractivity contribution in [3.8, 4) is 0 Å². The number of carbonyl (C=O) groups is 1. The van der Waals surface area contributed by atoms with Crippen LogP contribution in [-0.4, -0.2) is 61.8 Å². The summed E-state index contributed by atoms with van der Waals surface area (Å²) < 4.78 is 10.2. The van der Waals surface area contributed by atoms with Gasteiger partial charge in [-0.05, 0) is 11.8 Å². The van der Waals surface area contributed by atoms with Crippen molar-refractivity contribution < 1.29 is 24.5 Å². The number of aliphatic hydroxyl groups excluding tert-OH is 2. The van der Waals surface area contributed by atoms with E-state index in [0.717, 1.165) is 6.42 Å². The van der Waals surface area contributed by atoms with Crippen molar-refractivity contribution in [1.82, 2.24) is 5.32 Å². The molecular weight excluding hydrogens is 274 g/mol. The summed E-state index contributed by atoms with van der Waals surface area (Å²) in [4.78, 5) is 11.8. The van der Waals surface area contributed by atoms with Crippen molar-refractivity contribution in [2.24, 2.45) is 11.3 Å². The second kappa shape index (κ2) is 11.0. The second-order valence-corrected chi connectivity index (χ2v) is 6.49. The fourth-order valence-corrected chi connectivity index (χ4v) is 1.96. The second-order valence-electron chi connectivity index (χ2n) is 6.49. The van der Waals surface area contributed by atoms with Gasteiger partial charge in [0, 0.05) is 13.1 Å². The number of esters is 1. The van der Waals surface area contributed by atoms with E-state index in [1.54, 1.807) is 0 Å². The molecule has 0 saturated carbocycles. The first-order valence-electron chi connectivity index (χ1n) is 7.50. The average Bonchev–Trinajstić information content (AvgIpc) is 2.38. The lowest BCUT2D eigenvalue weighted by Crippen LogP contribution is -2.34. The Hall–Kier alpha value is -0.690. The van der Waals surface area contributed by atoms with Crippen LogP contribution in [0, 0.1) is 11.3 Å². The van der Waals surface area contributed by atoms with E-state index >= 15 is 0 Å². The Morgan fingerprint density at radius 2 is 1.95 bits per heavy atom. The highest BCUT2D eigenvalue weighted by atomic mass is 16.5. The molecule has 2 unspecified atom stereocenters. The fraction of sp³-hybridized carbons (Fsp3) is 0.933. The number of nitrogens with one attached hydrogen (secondary N) is 1. The van der Waals surface area contributed by atoms with Crippen LogP contribution < -0.4 is 5.32 Å². The molecule has 6 nitrogen and oxygen atoms in total. The van der Waals surface area contributed by atoms with Crippen molar-refractivity contribution in [3.63, 3.8) is 0 Å². The Labute approximate surface area is 127 Å². The van der Waals surface area contributed by atoms with E-state index in [9.17, 15) is 9.90 Å². The molecule has 0 aliphatic rings. The third kappa shape index (κ3) is 12.7. The normalized spacial score (nSPS) is 14.8. The Kier molecular flexibility index (Phi) is 10.6. The first kappa shape index (κ1) is 20.3. The zero-order chi connectivity index (χ0) is 16.3. The summed E-state index contributed by atoms with van der Waals surface area (Å²) in [5.41, 5.74) is 0.0766. The van der Waals surface area contributed by atoms with Gasteiger partial charge in [-0.2, -0.15) is 0 Å². The molecule has 6 heteroatoms. The Morgan fingerprint density at radius 3 is 2.52 bits per heavy atom. The van der Waals surface area contributed by atoms with Crippen LogP contribution in [0.2, 0.25) is 0 Å². The number of rotatable bonds is 11. The quantitative estimate of drug-likeness (QED) is 0.382. The van der Waals surface area contributed by atoms with E-state index in [4.69, 9.17) is 14.6 Å². The molecule has 0 rings (SSSR count). The highest BCUT2D eigenvalue weighted by Crippen LogP contribution is 2.24. The van der Waals surface area contributed by atoms with Crippen LogP contribution in [0.25, 0.3) is 0 Å². The van der Waals surface area contributed by atoms with Gasteiger partial charge in [-0.3, -0.25) is 4.79 Å². The van der Waals surface area contributed by atoms with Crippen molar-refractivity contribution in [2.75, 3.05) is 39.5 Å². The molecule has 3 N–H and O–H groups in total. The molecule has 0 aliphatic carbocycles. The molecule has 0 bridgehead atoms. The van der Waals surface area contributed by atoms with Crippen LogP contribution in [0.1, 0.15) is 34.1 Å². The summed E-state index contributed by atoms with van der Waals surface area (Å²) in [7, 11) is 0. The predicted octanol–water partition coefficient (Wildman–Crippen LogP) is 0.561. The number of hydrogen-bond donors (Lipinski definition) is 3. The maximum Gasteiger partial charge on any atom is 0.308 e. The van der Waals surface area contributed by atoms with Gasteiger partial charge in [-0.25, -0.2) is 0 Å². The molecule has 0 aromatic heterocycles. The Bertz CT molecular complexity index is 278. The minimum atomic E-state index is -0.728. The third-order valence-electron chi connectivity index (χ3n) is 2.78. The summed E-state index contributed by atoms with van der Waals surface area (Å²) in [5, 5.41) is 21.2. The molecule has 0 spiro atoms. The molecule has 0 aromatic carbocycles. The highest BCUT2D eigenvalue weighted by molar-refractivity contribution is 5.72. The average molecular weight is 305 g/mol. The molecular formula is C15H31NO5. The van der Waals surface area contributed by atoms with E-state index in [1.165, 1.54) is 0 Å². The Balaban J connectivity index is 3.67. The lowest BCUT2D eigenvalue weighted by Gasteiger charge is -2.22. The van der Waals surface area contributed by atoms with Crippen molar-refractivity contribution >= 4 is 5.97 Å². The van der Waals surface area contributed by atoms with Crippen molar-refractivity contribution in [3.05, 3.63) is 0 Å². The van der Waals surface area contributed by atoms with Crippen LogP contribution in [0.4, 0.5) is 0 Å². The van der Waals surface area contributed by atoms with Crippen LogP contribution in [-0.2, 0) is 14.3 Å². The number of hydrogen-bond acceptors (Lipinski definition) is 6. The standard InChI is InChI=1S/C15H31NO5/c1-12(9-15(2,3)4)14(19)21-11-13(18)10-16-5-7-20-8-6-17/h12-13,16-18H,5-11H2,1-4H3. The zero-order valence-electron chi connectivity index (χ0n) is 13.7. The molecule has 0 fully saturated rings. The zero-order valence-corrected chi connectivity index (χ0v) is 13.7. The number of carbonyl (C=O) groups excluding carboxylic acids is 1. The summed E-state index contributed by atoms with van der Waals surface area (Å²) in [5.74, 6) is -0.438. The molecule has 126 valence electrons. The molecule has 0 amide bonds. The largest absolute Gasteiger partial charge is 0.463 e. The molecule has 0 saturated heterocycles. The van der Waals surface area contributed by atoms with Crippen LogP contribution in [0.15, 0.2) is 0 Å². The first-order valence-corrected chi connectivity index (χ1v) is 7.50. The maximum absolute atomic E-state index is 11.8. The molecule has 0 radical (unpaired) electrons. The van der Waals surface area contributed by atoms with Crippen LogP contribution in [0.5, 0.6) is 0 Å². The molecule has 2 atom stereocenters. The number of ether oxygens (including phenoxy) is 2. The van der Waals surface area contributed by atoms with Gasteiger partial charge in [0.05, 0.1) is 25.7 Å². The minimum absolute atomic E-state index is 0.00217. The first-order chi connectivity index (χ1) is 9.76. The fourth-order valence-electron chi connectivity index (χ4n) is 1.96. The van der Waals surface area contributed by atoms with Gasteiger partial charge >= 0.3 is 5.97 Å². The van der Waals surface area contributed by atoms with Gasteiger partial charge < -0.3 is 25.0 Å². The Morgan fingerprint density at radius 1 is 1.29 bits per heavy atom. The van der Waals surface area contributed by atoms with Crippen LogP contribution >= 0.6 is 0 Å². The van der Waals surface area contributed by atoms with Gasteiger partial charge in [0.15, 0.2) is 0 Å². The van der Waals surface area contributed by atoms with Crippen molar-refractivity contribution in [2.45, 2.75) is 40.2 Å². The van der Waals surface area contributed by atoms with E-state index in [0.29, 0.717) is 26.3 Å². The minimum Gasteiger partial charge on any atom is -0.463 e. The third-order valence-corrected chi connectivity index (χ3v) is 2.78. The summed E-state index contributed by atoms with van der Waals surface area (Å²) in [6.45, 7) is 9.77. The molecule has 0 aromatic rings. The van der Waals surface area contributed by atoms with Crippen molar-refractivity contribution in [1.29, 1.82) is 0 Å². The lowest BCUT2D eigenvalue weighted by atomic mass is 9.85. The van der Waals surface area contributed by atoms with Gasteiger partial charge in [-0.1, -0.05) is 27.7 Å². The van der Waals surface area contributed by atoms with Crippen LogP contribution in [0.3, 0.4) is 0 Å². The molecule has 0 aliphatic heterocycles. The predicted molar refractivity (Wildman–Crippen MR) is 81.0 cm³/mol. The van der Waals surface area contributed by atoms with Gasteiger partial charge in [0.1, 0.15) is 12.7 Å². The van der Waals surface area contributed by atoms with E-state index < -0.39 is 6.10 Å². The SMILES string of the molecule is CC(CC(C)(C)C)C(=O)OCC(O)CNCCOCCO. The smallest absolute Gasteiger partial charge is 0.308 e. The maximum atomic E-state index is 11.8. The van der Waals surface area contributed by atoms with Gasteiger partial charge in [0.25, 0.3) is 0 Å². The van der Waals surface area contributed by atoms with E-state index in [-0.39, 0.29) is 30.5 Å². The molecule has 0 heterocycles. The van der Waals surface area contributed by atoms with E-state index in [1.807, 2.05) is 6.92 Å². The lowest BCUT2D eigenvalue weighted by molar-refractivity contribution is -0.151.